The lowest BCUT2D eigenvalue weighted by Crippen LogP contribution is -2.66. The zero-order valence-electron chi connectivity index (χ0n) is 17.9. The summed E-state index contributed by atoms with van der Waals surface area (Å²) in [5.41, 5.74) is 3.66. The number of piperidine rings is 4. The van der Waals surface area contributed by atoms with E-state index in [2.05, 4.69) is 64.4 Å². The minimum atomic E-state index is 0.725. The Morgan fingerprint density at radius 2 is 1.53 bits per heavy atom. The second-order valence-electron chi connectivity index (χ2n) is 9.79. The van der Waals surface area contributed by atoms with Crippen LogP contribution in [0.2, 0.25) is 0 Å². The molecule has 4 aliphatic rings. The molecule has 3 nitrogen and oxygen atoms in total. The van der Waals surface area contributed by atoms with Crippen molar-refractivity contribution in [3.05, 3.63) is 54.6 Å². The van der Waals surface area contributed by atoms with E-state index < -0.39 is 0 Å². The molecular weight excluding hydrogens is 366 g/mol. The number of amidine groups is 1. The van der Waals surface area contributed by atoms with Gasteiger partial charge in [-0.3, -0.25) is 4.90 Å². The summed E-state index contributed by atoms with van der Waals surface area (Å²) >= 11 is 0. The van der Waals surface area contributed by atoms with Crippen molar-refractivity contribution in [1.29, 1.82) is 0 Å². The Bertz CT molecular complexity index is 901. The third kappa shape index (κ3) is 3.28. The minimum absolute atomic E-state index is 0.725. The fourth-order valence-electron chi connectivity index (χ4n) is 6.90. The summed E-state index contributed by atoms with van der Waals surface area (Å²) in [6.45, 7) is 3.93. The molecule has 2 aromatic carbocycles. The average Bonchev–Trinajstić information content (AvgIpc) is 2.81. The van der Waals surface area contributed by atoms with Crippen LogP contribution in [0.25, 0.3) is 11.1 Å². The number of rotatable bonds is 2. The lowest BCUT2D eigenvalue weighted by atomic mass is 9.68. The van der Waals surface area contributed by atoms with Gasteiger partial charge in [0.05, 0.1) is 5.69 Å². The van der Waals surface area contributed by atoms with E-state index in [9.17, 15) is 0 Å². The molecule has 3 heteroatoms. The van der Waals surface area contributed by atoms with E-state index >= 15 is 0 Å². The van der Waals surface area contributed by atoms with E-state index in [-0.39, 0.29) is 0 Å². The molecule has 30 heavy (non-hydrogen) atoms. The number of nitrogens with zero attached hydrogens (tertiary/aromatic N) is 3. The maximum atomic E-state index is 5.21. The molecule has 4 atom stereocenters. The molecule has 0 spiro atoms. The first-order valence-corrected chi connectivity index (χ1v) is 12.1. The van der Waals surface area contributed by atoms with E-state index in [1.165, 1.54) is 75.1 Å². The van der Waals surface area contributed by atoms with Crippen LogP contribution in [-0.2, 0) is 0 Å². The molecule has 0 aliphatic carbocycles. The molecule has 6 rings (SSSR count). The highest BCUT2D eigenvalue weighted by Crippen LogP contribution is 2.45. The van der Waals surface area contributed by atoms with Crippen molar-refractivity contribution in [2.75, 3.05) is 19.6 Å². The Kier molecular flexibility index (Phi) is 4.87. The zero-order chi connectivity index (χ0) is 19.9. The maximum Gasteiger partial charge on any atom is 0.105 e. The Morgan fingerprint density at radius 3 is 2.37 bits per heavy atom. The smallest absolute Gasteiger partial charge is 0.105 e. The van der Waals surface area contributed by atoms with Crippen LogP contribution in [0.5, 0.6) is 0 Å². The topological polar surface area (TPSA) is 18.8 Å². The minimum Gasteiger partial charge on any atom is -0.356 e. The fraction of sp³-hybridized carbons (Fsp3) is 0.519. The third-order valence-electron chi connectivity index (χ3n) is 8.14. The standard InChI is InChI=1S/C27H33N3/c1-2-7-20(8-3-1)21-13-15-23(16-14-21)28-26-12-4-11-25-24-10-6-18-29-17-5-9-22(27(24)29)19-30(25)26/h1-3,7-8,13-16,22,24-25,27H,4-6,9-12,17-19H2/t22-,24+,25+,27-/m0/s1. The Morgan fingerprint density at radius 1 is 0.767 bits per heavy atom. The third-order valence-corrected chi connectivity index (χ3v) is 8.14. The number of aliphatic imine (C=N–C) groups is 1. The van der Waals surface area contributed by atoms with Gasteiger partial charge in [0.1, 0.15) is 5.84 Å². The summed E-state index contributed by atoms with van der Waals surface area (Å²) in [5.74, 6) is 3.08. The van der Waals surface area contributed by atoms with Crippen LogP contribution in [0, 0.1) is 11.8 Å². The van der Waals surface area contributed by atoms with Crippen molar-refractivity contribution in [3.63, 3.8) is 0 Å². The fourth-order valence-corrected chi connectivity index (χ4v) is 6.90. The van der Waals surface area contributed by atoms with E-state index in [1.807, 2.05) is 0 Å². The van der Waals surface area contributed by atoms with Gasteiger partial charge in [0.15, 0.2) is 0 Å². The number of hydrogen-bond acceptors (Lipinski definition) is 2. The van der Waals surface area contributed by atoms with E-state index in [0.29, 0.717) is 0 Å². The van der Waals surface area contributed by atoms with Gasteiger partial charge in [0.25, 0.3) is 0 Å². The molecule has 4 saturated heterocycles. The molecule has 0 amide bonds. The maximum absolute atomic E-state index is 5.21. The van der Waals surface area contributed by atoms with Crippen LogP contribution in [0.15, 0.2) is 59.6 Å². The Balaban J connectivity index is 1.27. The van der Waals surface area contributed by atoms with Gasteiger partial charge in [-0.2, -0.15) is 0 Å². The highest BCUT2D eigenvalue weighted by molar-refractivity contribution is 5.86. The van der Waals surface area contributed by atoms with Crippen LogP contribution < -0.4 is 0 Å². The molecule has 0 radical (unpaired) electrons. The predicted molar refractivity (Wildman–Crippen MR) is 124 cm³/mol. The van der Waals surface area contributed by atoms with Gasteiger partial charge in [-0.05, 0) is 86.7 Å². The highest BCUT2D eigenvalue weighted by Gasteiger charge is 2.49. The molecular formula is C27H33N3. The zero-order valence-corrected chi connectivity index (χ0v) is 17.9. The van der Waals surface area contributed by atoms with Gasteiger partial charge in [-0.1, -0.05) is 42.5 Å². The molecule has 2 aromatic rings. The summed E-state index contributed by atoms with van der Waals surface area (Å²) in [6, 6.07) is 21.1. The average molecular weight is 400 g/mol. The molecule has 0 aromatic heterocycles. The van der Waals surface area contributed by atoms with E-state index in [0.717, 1.165) is 36.0 Å². The van der Waals surface area contributed by atoms with Gasteiger partial charge in [-0.15, -0.1) is 0 Å². The first-order valence-electron chi connectivity index (χ1n) is 12.1. The summed E-state index contributed by atoms with van der Waals surface area (Å²) < 4.78 is 0. The Labute approximate surface area is 180 Å². The molecule has 0 N–H and O–H groups in total. The molecule has 156 valence electrons. The second kappa shape index (κ2) is 7.85. The molecule has 0 unspecified atom stereocenters. The SMILES string of the molecule is c1ccc(-c2ccc(N=C3CCC[C@@H]4[C@H]5CCCN6CCC[C@@H](CN34)[C@@H]56)cc2)cc1. The van der Waals surface area contributed by atoms with Crippen LogP contribution in [0.3, 0.4) is 0 Å². The molecule has 0 saturated carbocycles. The normalized spacial score (nSPS) is 32.5. The lowest BCUT2D eigenvalue weighted by molar-refractivity contribution is -0.0604. The van der Waals surface area contributed by atoms with Gasteiger partial charge in [0, 0.05) is 25.0 Å². The molecule has 4 aliphatic heterocycles. The van der Waals surface area contributed by atoms with Crippen molar-refractivity contribution in [2.45, 2.75) is 57.0 Å². The van der Waals surface area contributed by atoms with Gasteiger partial charge >= 0.3 is 0 Å². The van der Waals surface area contributed by atoms with Crippen molar-refractivity contribution in [1.82, 2.24) is 9.80 Å². The predicted octanol–water partition coefficient (Wildman–Crippen LogP) is 5.74. The first-order chi connectivity index (χ1) is 14.9. The van der Waals surface area contributed by atoms with E-state index in [4.69, 9.17) is 4.99 Å². The van der Waals surface area contributed by atoms with Crippen LogP contribution >= 0.6 is 0 Å². The first kappa shape index (κ1) is 18.6. The van der Waals surface area contributed by atoms with Crippen LogP contribution in [-0.4, -0.2) is 47.4 Å². The molecule has 4 fully saturated rings. The number of hydrogen-bond donors (Lipinski definition) is 0. The van der Waals surface area contributed by atoms with Crippen molar-refractivity contribution < 1.29 is 0 Å². The highest BCUT2D eigenvalue weighted by atomic mass is 15.3. The summed E-state index contributed by atoms with van der Waals surface area (Å²) in [5, 5.41) is 0. The largest absolute Gasteiger partial charge is 0.356 e. The van der Waals surface area contributed by atoms with Crippen molar-refractivity contribution in [3.8, 4) is 11.1 Å². The molecule has 4 heterocycles. The second-order valence-corrected chi connectivity index (χ2v) is 9.79. The van der Waals surface area contributed by atoms with Gasteiger partial charge in [-0.25, -0.2) is 4.99 Å². The lowest BCUT2D eigenvalue weighted by Gasteiger charge is -2.59. The Hall–Kier alpha value is -2.13. The van der Waals surface area contributed by atoms with Crippen molar-refractivity contribution in [2.24, 2.45) is 16.8 Å². The summed E-state index contributed by atoms with van der Waals surface area (Å²) in [4.78, 5) is 10.8. The number of benzene rings is 2. The van der Waals surface area contributed by atoms with Crippen LogP contribution in [0.1, 0.15) is 44.9 Å². The van der Waals surface area contributed by atoms with Crippen molar-refractivity contribution >= 4 is 11.5 Å². The quantitative estimate of drug-likeness (QED) is 0.641. The van der Waals surface area contributed by atoms with Gasteiger partial charge in [0.2, 0.25) is 0 Å². The van der Waals surface area contributed by atoms with Crippen LogP contribution in [0.4, 0.5) is 5.69 Å². The monoisotopic (exact) mass is 399 g/mol. The number of fused-ring (bicyclic) bond motifs is 2. The summed E-state index contributed by atoms with van der Waals surface area (Å²) in [7, 11) is 0. The summed E-state index contributed by atoms with van der Waals surface area (Å²) in [6.07, 6.45) is 9.44. The van der Waals surface area contributed by atoms with E-state index in [1.54, 1.807) is 0 Å². The molecule has 0 bridgehead atoms. The van der Waals surface area contributed by atoms with Gasteiger partial charge < -0.3 is 4.90 Å².